The molecule has 1 N–H and O–H groups in total. The fourth-order valence-corrected chi connectivity index (χ4v) is 4.44. The smallest absolute Gasteiger partial charge is 0.317 e. The van der Waals surface area contributed by atoms with Crippen LogP contribution in [0.5, 0.6) is 0 Å². The number of piperidine rings is 2. The summed E-state index contributed by atoms with van der Waals surface area (Å²) in [4.78, 5) is 17.4. The van der Waals surface area contributed by atoms with Crippen molar-refractivity contribution in [2.24, 2.45) is 5.92 Å². The Kier molecular flexibility index (Phi) is 7.32. The molecule has 2 amide bonds. The normalized spacial score (nSPS) is 23.3. The Morgan fingerprint density at radius 3 is 2.81 bits per heavy atom. The van der Waals surface area contributed by atoms with E-state index in [0.29, 0.717) is 31.7 Å². The largest absolute Gasteiger partial charge is 0.383 e. The Bertz CT molecular complexity index is 549. The van der Waals surface area contributed by atoms with Crippen LogP contribution in [0.25, 0.3) is 0 Å². The molecule has 1 aromatic carbocycles. The maximum absolute atomic E-state index is 12.8. The van der Waals surface area contributed by atoms with Crippen LogP contribution in [0.3, 0.4) is 0 Å². The van der Waals surface area contributed by atoms with E-state index >= 15 is 0 Å². The molecule has 0 spiro atoms. The van der Waals surface area contributed by atoms with Gasteiger partial charge in [0.15, 0.2) is 0 Å². The molecule has 2 unspecified atom stereocenters. The molecule has 2 aliphatic rings. The van der Waals surface area contributed by atoms with Crippen LogP contribution in [0.4, 0.5) is 4.79 Å². The van der Waals surface area contributed by atoms with Crippen molar-refractivity contribution in [1.29, 1.82) is 0 Å². The highest BCUT2D eigenvalue weighted by atomic mass is 16.5. The van der Waals surface area contributed by atoms with Crippen molar-refractivity contribution in [3.8, 4) is 0 Å². The number of amides is 2. The first-order valence-corrected chi connectivity index (χ1v) is 10.1. The average molecular weight is 360 g/mol. The van der Waals surface area contributed by atoms with Crippen LogP contribution in [-0.4, -0.2) is 61.8 Å². The number of methoxy groups -OCH3 is 1. The molecule has 144 valence electrons. The highest BCUT2D eigenvalue weighted by molar-refractivity contribution is 5.74. The van der Waals surface area contributed by atoms with Gasteiger partial charge in [-0.25, -0.2) is 4.79 Å². The highest BCUT2D eigenvalue weighted by Crippen LogP contribution is 2.31. The summed E-state index contributed by atoms with van der Waals surface area (Å²) in [5.74, 6) is 0.586. The zero-order valence-electron chi connectivity index (χ0n) is 16.0. The van der Waals surface area contributed by atoms with Gasteiger partial charge in [0.2, 0.25) is 0 Å². The molecular weight excluding hydrogens is 326 g/mol. The minimum absolute atomic E-state index is 0.0267. The van der Waals surface area contributed by atoms with Crippen LogP contribution in [0.1, 0.15) is 37.7 Å². The van der Waals surface area contributed by atoms with E-state index in [-0.39, 0.29) is 6.03 Å². The van der Waals surface area contributed by atoms with Crippen molar-refractivity contribution in [2.45, 2.75) is 44.7 Å². The van der Waals surface area contributed by atoms with Gasteiger partial charge in [0, 0.05) is 32.8 Å². The first-order chi connectivity index (χ1) is 12.8. The van der Waals surface area contributed by atoms with E-state index in [0.717, 1.165) is 12.1 Å². The highest BCUT2D eigenvalue weighted by Gasteiger charge is 2.34. The number of ether oxygens (including phenoxy) is 1. The topological polar surface area (TPSA) is 44.8 Å². The molecule has 0 radical (unpaired) electrons. The van der Waals surface area contributed by atoms with Gasteiger partial charge in [0.25, 0.3) is 0 Å². The van der Waals surface area contributed by atoms with Crippen LogP contribution >= 0.6 is 0 Å². The Hall–Kier alpha value is -1.59. The second kappa shape index (κ2) is 9.93. The van der Waals surface area contributed by atoms with E-state index < -0.39 is 0 Å². The maximum atomic E-state index is 12.8. The second-order valence-electron chi connectivity index (χ2n) is 7.58. The molecule has 0 aliphatic carbocycles. The zero-order valence-corrected chi connectivity index (χ0v) is 16.0. The molecule has 5 heteroatoms. The van der Waals surface area contributed by atoms with Crippen molar-refractivity contribution < 1.29 is 9.53 Å². The van der Waals surface area contributed by atoms with Crippen molar-refractivity contribution in [3.05, 3.63) is 35.9 Å². The first-order valence-electron chi connectivity index (χ1n) is 10.1. The Labute approximate surface area is 157 Å². The number of nitrogens with zero attached hydrogens (tertiary/aromatic N) is 2. The van der Waals surface area contributed by atoms with E-state index in [1.54, 1.807) is 7.11 Å². The third-order valence-electron chi connectivity index (χ3n) is 5.82. The molecule has 2 aliphatic heterocycles. The van der Waals surface area contributed by atoms with Gasteiger partial charge in [-0.05, 0) is 50.3 Å². The van der Waals surface area contributed by atoms with Crippen molar-refractivity contribution >= 4 is 6.03 Å². The van der Waals surface area contributed by atoms with E-state index in [1.807, 2.05) is 35.2 Å². The van der Waals surface area contributed by atoms with Gasteiger partial charge in [-0.15, -0.1) is 0 Å². The van der Waals surface area contributed by atoms with Crippen molar-refractivity contribution in [3.63, 3.8) is 0 Å². The molecule has 2 saturated heterocycles. The molecule has 2 heterocycles. The summed E-state index contributed by atoms with van der Waals surface area (Å²) >= 11 is 0. The lowest BCUT2D eigenvalue weighted by atomic mass is 9.83. The van der Waals surface area contributed by atoms with Crippen molar-refractivity contribution in [2.75, 3.05) is 39.9 Å². The molecule has 0 aromatic heterocycles. The van der Waals surface area contributed by atoms with Gasteiger partial charge in [-0.2, -0.15) is 0 Å². The molecule has 0 bridgehead atoms. The Balaban J connectivity index is 1.58. The zero-order chi connectivity index (χ0) is 18.2. The van der Waals surface area contributed by atoms with Gasteiger partial charge in [0.1, 0.15) is 0 Å². The molecule has 3 rings (SSSR count). The number of nitrogens with one attached hydrogen (secondary N) is 1. The SMILES string of the molecule is COCCN(CC1CCCN2CCCCC12)C(=O)NCc1ccccc1. The fraction of sp³-hybridized carbons (Fsp3) is 0.667. The lowest BCUT2D eigenvalue weighted by molar-refractivity contribution is 0.0421. The summed E-state index contributed by atoms with van der Waals surface area (Å²) in [6, 6.07) is 10.8. The molecule has 26 heavy (non-hydrogen) atoms. The Morgan fingerprint density at radius 2 is 2.00 bits per heavy atom. The number of hydrogen-bond acceptors (Lipinski definition) is 3. The van der Waals surface area contributed by atoms with E-state index in [9.17, 15) is 4.79 Å². The Morgan fingerprint density at radius 1 is 1.19 bits per heavy atom. The number of carbonyl (C=O) groups is 1. The minimum Gasteiger partial charge on any atom is -0.383 e. The van der Waals surface area contributed by atoms with Gasteiger partial charge in [-0.3, -0.25) is 0 Å². The van der Waals surface area contributed by atoms with E-state index in [1.165, 1.54) is 45.2 Å². The number of hydrogen-bond donors (Lipinski definition) is 1. The van der Waals surface area contributed by atoms with Gasteiger partial charge in [-0.1, -0.05) is 36.8 Å². The predicted molar refractivity (Wildman–Crippen MR) is 104 cm³/mol. The summed E-state index contributed by atoms with van der Waals surface area (Å²) in [5, 5.41) is 3.09. The van der Waals surface area contributed by atoms with Crippen molar-refractivity contribution in [1.82, 2.24) is 15.1 Å². The number of fused-ring (bicyclic) bond motifs is 1. The minimum atomic E-state index is 0.0267. The molecule has 5 nitrogen and oxygen atoms in total. The van der Waals surface area contributed by atoms with Gasteiger partial charge >= 0.3 is 6.03 Å². The molecule has 0 saturated carbocycles. The maximum Gasteiger partial charge on any atom is 0.317 e. The van der Waals surface area contributed by atoms with E-state index in [2.05, 4.69) is 10.2 Å². The van der Waals surface area contributed by atoms with Crippen LogP contribution in [0, 0.1) is 5.92 Å². The second-order valence-corrected chi connectivity index (χ2v) is 7.58. The predicted octanol–water partition coefficient (Wildman–Crippen LogP) is 3.11. The lowest BCUT2D eigenvalue weighted by Gasteiger charge is -2.45. The quantitative estimate of drug-likeness (QED) is 0.814. The van der Waals surface area contributed by atoms with Crippen LogP contribution in [0.2, 0.25) is 0 Å². The number of benzene rings is 1. The molecular formula is C21H33N3O2. The molecule has 2 fully saturated rings. The van der Waals surface area contributed by atoms with Crippen LogP contribution in [-0.2, 0) is 11.3 Å². The van der Waals surface area contributed by atoms with E-state index in [4.69, 9.17) is 4.74 Å². The fourth-order valence-electron chi connectivity index (χ4n) is 4.44. The molecule has 1 aromatic rings. The molecule has 2 atom stereocenters. The van der Waals surface area contributed by atoms with Gasteiger partial charge in [0.05, 0.1) is 6.61 Å². The van der Waals surface area contributed by atoms with Crippen LogP contribution in [0.15, 0.2) is 30.3 Å². The van der Waals surface area contributed by atoms with Crippen LogP contribution < -0.4 is 5.32 Å². The lowest BCUT2D eigenvalue weighted by Crippen LogP contribution is -2.53. The van der Waals surface area contributed by atoms with Gasteiger partial charge < -0.3 is 19.9 Å². The summed E-state index contributed by atoms with van der Waals surface area (Å²) < 4.78 is 5.25. The number of rotatable bonds is 7. The average Bonchev–Trinajstić information content (AvgIpc) is 2.70. The summed E-state index contributed by atoms with van der Waals surface area (Å²) in [5.41, 5.74) is 1.13. The standard InChI is InChI=1S/C21H33N3O2/c1-26-15-14-24(21(25)22-16-18-8-3-2-4-9-18)17-19-10-7-13-23-12-6-5-11-20(19)23/h2-4,8-9,19-20H,5-7,10-17H2,1H3,(H,22,25). The third kappa shape index (κ3) is 5.21. The number of carbonyl (C=O) groups excluding carboxylic acids is 1. The summed E-state index contributed by atoms with van der Waals surface area (Å²) in [6.07, 6.45) is 6.43. The summed E-state index contributed by atoms with van der Waals surface area (Å²) in [6.45, 7) is 5.12. The monoisotopic (exact) mass is 359 g/mol. The number of urea groups is 1. The first kappa shape index (κ1) is 19.2. The third-order valence-corrected chi connectivity index (χ3v) is 5.82. The summed E-state index contributed by atoms with van der Waals surface area (Å²) in [7, 11) is 1.70.